The molecule has 2 amide bonds. The van der Waals surface area contributed by atoms with E-state index >= 15 is 0 Å². The summed E-state index contributed by atoms with van der Waals surface area (Å²) < 4.78 is 0. The molecule has 0 aliphatic carbocycles. The van der Waals surface area contributed by atoms with Crippen LogP contribution in [0.5, 0.6) is 0 Å². The van der Waals surface area contributed by atoms with Gasteiger partial charge in [0.05, 0.1) is 5.56 Å². The average molecular weight is 261 g/mol. The van der Waals surface area contributed by atoms with Gasteiger partial charge in [-0.2, -0.15) is 0 Å². The Labute approximate surface area is 113 Å². The number of carbonyl (C=O) groups is 2. The predicted octanol–water partition coefficient (Wildman–Crippen LogP) is 1.21. The van der Waals surface area contributed by atoms with Gasteiger partial charge >= 0.3 is 0 Å². The minimum Gasteiger partial charge on any atom is -0.349 e. The maximum atomic E-state index is 12.0. The number of nitrogens with zero attached hydrogens (tertiary/aromatic N) is 2. The summed E-state index contributed by atoms with van der Waals surface area (Å²) >= 11 is 0. The molecule has 2 heterocycles. The molecule has 5 heteroatoms. The summed E-state index contributed by atoms with van der Waals surface area (Å²) in [5.41, 5.74) is 0.578. The highest BCUT2D eigenvalue weighted by Gasteiger charge is 2.23. The fourth-order valence-corrected chi connectivity index (χ4v) is 2.26. The van der Waals surface area contributed by atoms with Gasteiger partial charge in [-0.1, -0.05) is 6.92 Å². The second-order valence-electron chi connectivity index (χ2n) is 4.72. The number of piperidine rings is 1. The number of hydrogen-bond donors (Lipinski definition) is 1. The Morgan fingerprint density at radius 3 is 2.74 bits per heavy atom. The van der Waals surface area contributed by atoms with Gasteiger partial charge in [0.2, 0.25) is 5.91 Å². The number of nitrogens with one attached hydrogen (secondary N) is 1. The molecule has 1 saturated heterocycles. The van der Waals surface area contributed by atoms with Gasteiger partial charge in [0.15, 0.2) is 0 Å². The van der Waals surface area contributed by atoms with Crippen LogP contribution in [0.3, 0.4) is 0 Å². The Hall–Kier alpha value is -1.91. The minimum absolute atomic E-state index is 0.0895. The largest absolute Gasteiger partial charge is 0.349 e. The van der Waals surface area contributed by atoms with Crippen molar-refractivity contribution in [1.82, 2.24) is 15.2 Å². The molecule has 2 rings (SSSR count). The summed E-state index contributed by atoms with van der Waals surface area (Å²) in [6, 6.07) is 3.64. The van der Waals surface area contributed by atoms with Gasteiger partial charge in [0.25, 0.3) is 5.91 Å². The van der Waals surface area contributed by atoms with Crippen molar-refractivity contribution in [2.24, 2.45) is 0 Å². The van der Waals surface area contributed by atoms with Crippen LogP contribution < -0.4 is 5.32 Å². The average Bonchev–Trinajstić information content (AvgIpc) is 2.48. The van der Waals surface area contributed by atoms with Crippen molar-refractivity contribution in [2.75, 3.05) is 13.1 Å². The Balaban J connectivity index is 1.83. The van der Waals surface area contributed by atoms with Crippen LogP contribution in [0, 0.1) is 0 Å². The zero-order valence-corrected chi connectivity index (χ0v) is 11.1. The molecule has 1 aromatic rings. The van der Waals surface area contributed by atoms with E-state index in [1.807, 2.05) is 11.8 Å². The third-order valence-electron chi connectivity index (χ3n) is 3.41. The van der Waals surface area contributed by atoms with E-state index in [4.69, 9.17) is 0 Å². The van der Waals surface area contributed by atoms with Crippen LogP contribution >= 0.6 is 0 Å². The highest BCUT2D eigenvalue weighted by atomic mass is 16.2. The molecular weight excluding hydrogens is 242 g/mol. The van der Waals surface area contributed by atoms with E-state index in [-0.39, 0.29) is 17.9 Å². The molecule has 0 radical (unpaired) electrons. The molecule has 1 fully saturated rings. The molecule has 1 aliphatic rings. The molecule has 1 aromatic heterocycles. The van der Waals surface area contributed by atoms with Gasteiger partial charge in [-0.3, -0.25) is 14.6 Å². The predicted molar refractivity (Wildman–Crippen MR) is 71.6 cm³/mol. The first-order chi connectivity index (χ1) is 9.20. The van der Waals surface area contributed by atoms with Gasteiger partial charge in [-0.05, 0) is 25.0 Å². The summed E-state index contributed by atoms with van der Waals surface area (Å²) in [5.74, 6) is 0.102. The molecule has 0 aromatic carbocycles. The molecule has 0 bridgehead atoms. The number of rotatable bonds is 3. The fourth-order valence-electron chi connectivity index (χ4n) is 2.26. The van der Waals surface area contributed by atoms with Crippen molar-refractivity contribution >= 4 is 11.8 Å². The van der Waals surface area contributed by atoms with E-state index in [0.29, 0.717) is 12.0 Å². The molecule has 0 saturated carbocycles. The zero-order chi connectivity index (χ0) is 13.7. The quantitative estimate of drug-likeness (QED) is 0.889. The van der Waals surface area contributed by atoms with E-state index in [1.165, 1.54) is 0 Å². The first-order valence-corrected chi connectivity index (χ1v) is 6.69. The van der Waals surface area contributed by atoms with Crippen LogP contribution in [0.2, 0.25) is 0 Å². The third-order valence-corrected chi connectivity index (χ3v) is 3.41. The molecule has 0 unspecified atom stereocenters. The van der Waals surface area contributed by atoms with Crippen molar-refractivity contribution in [3.05, 3.63) is 30.1 Å². The smallest absolute Gasteiger partial charge is 0.253 e. The molecule has 1 aliphatic heterocycles. The first-order valence-electron chi connectivity index (χ1n) is 6.69. The molecule has 19 heavy (non-hydrogen) atoms. The van der Waals surface area contributed by atoms with Crippen molar-refractivity contribution in [1.29, 1.82) is 0 Å². The van der Waals surface area contributed by atoms with Gasteiger partial charge in [0, 0.05) is 37.9 Å². The molecule has 102 valence electrons. The van der Waals surface area contributed by atoms with E-state index in [2.05, 4.69) is 10.3 Å². The van der Waals surface area contributed by atoms with Crippen molar-refractivity contribution in [3.8, 4) is 0 Å². The number of likely N-dealkylation sites (tertiary alicyclic amines) is 1. The lowest BCUT2D eigenvalue weighted by Gasteiger charge is -2.32. The first kappa shape index (κ1) is 13.5. The van der Waals surface area contributed by atoms with Gasteiger partial charge in [-0.25, -0.2) is 0 Å². The number of aromatic nitrogens is 1. The molecule has 1 N–H and O–H groups in total. The lowest BCUT2D eigenvalue weighted by Crippen LogP contribution is -2.46. The van der Waals surface area contributed by atoms with Crippen LogP contribution in [0.15, 0.2) is 24.5 Å². The van der Waals surface area contributed by atoms with Crippen molar-refractivity contribution in [2.45, 2.75) is 32.2 Å². The molecule has 0 spiro atoms. The van der Waals surface area contributed by atoms with E-state index in [9.17, 15) is 9.59 Å². The second-order valence-corrected chi connectivity index (χ2v) is 4.72. The van der Waals surface area contributed by atoms with Gasteiger partial charge in [-0.15, -0.1) is 0 Å². The molecular formula is C14H19N3O2. The number of amides is 2. The monoisotopic (exact) mass is 261 g/mol. The summed E-state index contributed by atoms with van der Waals surface area (Å²) in [6.45, 7) is 3.33. The number of pyridine rings is 1. The third kappa shape index (κ3) is 3.53. The lowest BCUT2D eigenvalue weighted by molar-refractivity contribution is -0.131. The minimum atomic E-state index is -0.0895. The van der Waals surface area contributed by atoms with Gasteiger partial charge in [0.1, 0.15) is 0 Å². The fraction of sp³-hybridized carbons (Fsp3) is 0.500. The Morgan fingerprint density at radius 1 is 1.42 bits per heavy atom. The summed E-state index contributed by atoms with van der Waals surface area (Å²) in [6.07, 6.45) is 5.39. The second kappa shape index (κ2) is 6.31. The Bertz CT molecular complexity index is 439. The van der Waals surface area contributed by atoms with Crippen LogP contribution in [0.25, 0.3) is 0 Å². The number of carbonyl (C=O) groups excluding carboxylic acids is 2. The molecule has 5 nitrogen and oxygen atoms in total. The standard InChI is InChI=1S/C14H19N3O2/c1-2-13(18)17-8-5-12(6-9-17)16-14(19)11-4-3-7-15-10-11/h3-4,7,10,12H,2,5-6,8-9H2,1H3,(H,16,19). The topological polar surface area (TPSA) is 62.3 Å². The maximum absolute atomic E-state index is 12.0. The lowest BCUT2D eigenvalue weighted by atomic mass is 10.0. The Morgan fingerprint density at radius 2 is 2.16 bits per heavy atom. The SMILES string of the molecule is CCC(=O)N1CCC(NC(=O)c2cccnc2)CC1. The molecule has 0 atom stereocenters. The highest BCUT2D eigenvalue weighted by Crippen LogP contribution is 2.12. The number of hydrogen-bond acceptors (Lipinski definition) is 3. The zero-order valence-electron chi connectivity index (χ0n) is 11.1. The van der Waals surface area contributed by atoms with Crippen LogP contribution in [-0.2, 0) is 4.79 Å². The van der Waals surface area contributed by atoms with E-state index in [1.54, 1.807) is 24.5 Å². The normalized spacial score (nSPS) is 16.2. The van der Waals surface area contributed by atoms with Crippen molar-refractivity contribution < 1.29 is 9.59 Å². The summed E-state index contributed by atoms with van der Waals surface area (Å²) in [5, 5.41) is 3.00. The van der Waals surface area contributed by atoms with Crippen LogP contribution in [0.4, 0.5) is 0 Å². The van der Waals surface area contributed by atoms with Crippen molar-refractivity contribution in [3.63, 3.8) is 0 Å². The van der Waals surface area contributed by atoms with Gasteiger partial charge < -0.3 is 10.2 Å². The summed E-state index contributed by atoms with van der Waals surface area (Å²) in [4.78, 5) is 29.3. The van der Waals surface area contributed by atoms with Crippen LogP contribution in [-0.4, -0.2) is 40.8 Å². The Kier molecular flexibility index (Phi) is 4.49. The van der Waals surface area contributed by atoms with E-state index in [0.717, 1.165) is 25.9 Å². The van der Waals surface area contributed by atoms with Crippen LogP contribution in [0.1, 0.15) is 36.5 Å². The maximum Gasteiger partial charge on any atom is 0.253 e. The van der Waals surface area contributed by atoms with E-state index < -0.39 is 0 Å². The highest BCUT2D eigenvalue weighted by molar-refractivity contribution is 5.94. The summed E-state index contributed by atoms with van der Waals surface area (Å²) in [7, 11) is 0.